The number of hydrogen-bond acceptors (Lipinski definition) is 4. The molecule has 0 N–H and O–H groups in total. The molecule has 3 aromatic rings. The second-order valence-electron chi connectivity index (χ2n) is 6.95. The Morgan fingerprint density at radius 1 is 0.828 bits per heavy atom. The first kappa shape index (κ1) is 18.7. The molecule has 3 aromatic carbocycles. The monoisotopic (exact) mass is 384 g/mol. The fraction of sp³-hybridized carbons (Fsp3) is 0.120. The molecule has 0 amide bonds. The minimum atomic E-state index is -0.246. The maximum absolute atomic E-state index is 12.6. The zero-order valence-electron chi connectivity index (χ0n) is 16.3. The number of aryl methyl sites for hydroxylation is 1. The van der Waals surface area contributed by atoms with E-state index in [0.717, 1.165) is 5.56 Å². The van der Waals surface area contributed by atoms with E-state index in [-0.39, 0.29) is 17.1 Å². The molecule has 0 aliphatic heterocycles. The van der Waals surface area contributed by atoms with Gasteiger partial charge in [0.15, 0.2) is 23.1 Å². The van der Waals surface area contributed by atoms with Crippen molar-refractivity contribution in [3.05, 3.63) is 100 Å². The molecule has 4 nitrogen and oxygen atoms in total. The number of hydrogen-bond donors (Lipinski definition) is 0. The van der Waals surface area contributed by atoms with Crippen molar-refractivity contribution in [2.24, 2.45) is 0 Å². The van der Waals surface area contributed by atoms with Crippen LogP contribution in [0, 0.1) is 6.92 Å². The first-order valence-corrected chi connectivity index (χ1v) is 9.33. The van der Waals surface area contributed by atoms with Crippen LogP contribution >= 0.6 is 0 Å². The number of ether oxygens (including phenoxy) is 2. The molecule has 0 heterocycles. The molecule has 4 rings (SSSR count). The van der Waals surface area contributed by atoms with E-state index in [1.54, 1.807) is 49.6 Å². The lowest BCUT2D eigenvalue weighted by Gasteiger charge is -2.12. The topological polar surface area (TPSA) is 52.6 Å². The summed E-state index contributed by atoms with van der Waals surface area (Å²) in [4.78, 5) is 25.1. The zero-order valence-corrected chi connectivity index (χ0v) is 16.3. The van der Waals surface area contributed by atoms with Gasteiger partial charge in [0.25, 0.3) is 0 Å². The van der Waals surface area contributed by atoms with Gasteiger partial charge in [-0.2, -0.15) is 0 Å². The lowest BCUT2D eigenvalue weighted by molar-refractivity contribution is 0.0990. The molecule has 1 aliphatic rings. The van der Waals surface area contributed by atoms with Crippen LogP contribution in [0.15, 0.2) is 72.3 Å². The van der Waals surface area contributed by atoms with Crippen LogP contribution in [0.3, 0.4) is 0 Å². The molecule has 0 saturated heterocycles. The molecule has 0 aromatic heterocycles. The fourth-order valence-corrected chi connectivity index (χ4v) is 3.31. The van der Waals surface area contributed by atoms with E-state index in [1.807, 2.05) is 37.3 Å². The van der Waals surface area contributed by atoms with Crippen LogP contribution in [0.5, 0.6) is 11.5 Å². The average molecular weight is 384 g/mol. The van der Waals surface area contributed by atoms with Crippen LogP contribution in [-0.2, 0) is 6.61 Å². The maximum atomic E-state index is 12.6. The Balaban J connectivity index is 1.57. The first-order chi connectivity index (χ1) is 14.1. The normalized spacial score (nSPS) is 12.7. The third-order valence-electron chi connectivity index (χ3n) is 4.92. The van der Waals surface area contributed by atoms with Gasteiger partial charge in [0.2, 0.25) is 0 Å². The van der Waals surface area contributed by atoms with E-state index >= 15 is 0 Å². The largest absolute Gasteiger partial charge is 0.493 e. The van der Waals surface area contributed by atoms with Gasteiger partial charge < -0.3 is 9.47 Å². The number of carbonyl (C=O) groups excluding carboxylic acids is 2. The van der Waals surface area contributed by atoms with Crippen LogP contribution in [0.2, 0.25) is 0 Å². The number of allylic oxidation sites excluding steroid dienone is 1. The molecular weight excluding hydrogens is 364 g/mol. The van der Waals surface area contributed by atoms with Crippen molar-refractivity contribution in [3.8, 4) is 11.5 Å². The van der Waals surface area contributed by atoms with E-state index in [9.17, 15) is 9.59 Å². The van der Waals surface area contributed by atoms with Crippen LogP contribution in [-0.4, -0.2) is 18.7 Å². The molecule has 29 heavy (non-hydrogen) atoms. The standard InChI is InChI=1S/C25H20O4/c1-16-7-9-17(10-8-16)15-29-22-12-11-18(14-23(22)28-2)13-21-24(26)19-5-3-4-6-20(19)25(21)27/h3-14H,15H2,1-2H3. The number of ketones is 2. The van der Waals surface area contributed by atoms with Gasteiger partial charge in [0.1, 0.15) is 6.61 Å². The highest BCUT2D eigenvalue weighted by Crippen LogP contribution is 2.32. The highest BCUT2D eigenvalue weighted by atomic mass is 16.5. The fourth-order valence-electron chi connectivity index (χ4n) is 3.31. The predicted molar refractivity (Wildman–Crippen MR) is 112 cm³/mol. The van der Waals surface area contributed by atoms with Gasteiger partial charge in [-0.15, -0.1) is 0 Å². The predicted octanol–water partition coefficient (Wildman–Crippen LogP) is 5.05. The SMILES string of the molecule is COc1cc(C=C2C(=O)c3ccccc3C2=O)ccc1OCc1ccc(C)cc1. The van der Waals surface area contributed by atoms with Crippen molar-refractivity contribution in [1.82, 2.24) is 0 Å². The van der Waals surface area contributed by atoms with Gasteiger partial charge in [0.05, 0.1) is 12.7 Å². The van der Waals surface area contributed by atoms with Crippen molar-refractivity contribution < 1.29 is 19.1 Å². The summed E-state index contributed by atoms with van der Waals surface area (Å²) in [6.45, 7) is 2.46. The molecule has 1 aliphatic carbocycles. The Labute approximate surface area is 169 Å². The lowest BCUT2D eigenvalue weighted by Crippen LogP contribution is -2.01. The number of benzene rings is 3. The summed E-state index contributed by atoms with van der Waals surface area (Å²) in [6.07, 6.45) is 1.61. The summed E-state index contributed by atoms with van der Waals surface area (Å²) in [6, 6.07) is 20.4. The second kappa shape index (κ2) is 7.76. The lowest BCUT2D eigenvalue weighted by atomic mass is 10.1. The van der Waals surface area contributed by atoms with E-state index in [0.29, 0.717) is 34.8 Å². The van der Waals surface area contributed by atoms with Crippen molar-refractivity contribution >= 4 is 17.6 Å². The second-order valence-corrected chi connectivity index (χ2v) is 6.95. The van der Waals surface area contributed by atoms with E-state index in [4.69, 9.17) is 9.47 Å². The van der Waals surface area contributed by atoms with Gasteiger partial charge in [0, 0.05) is 11.1 Å². The molecule has 0 unspecified atom stereocenters. The highest BCUT2D eigenvalue weighted by Gasteiger charge is 2.32. The molecule has 0 saturated carbocycles. The average Bonchev–Trinajstić information content (AvgIpc) is 2.99. The number of rotatable bonds is 5. The van der Waals surface area contributed by atoms with E-state index in [2.05, 4.69) is 0 Å². The molecule has 0 spiro atoms. The van der Waals surface area contributed by atoms with Crippen LogP contribution < -0.4 is 9.47 Å². The quantitative estimate of drug-likeness (QED) is 0.457. The van der Waals surface area contributed by atoms with Crippen LogP contribution in [0.25, 0.3) is 6.08 Å². The Kier molecular flexibility index (Phi) is 5.00. The number of fused-ring (bicyclic) bond motifs is 1. The molecule has 0 bridgehead atoms. The smallest absolute Gasteiger partial charge is 0.197 e. The maximum Gasteiger partial charge on any atom is 0.197 e. The summed E-state index contributed by atoms with van der Waals surface area (Å²) < 4.78 is 11.3. The summed E-state index contributed by atoms with van der Waals surface area (Å²) in [5, 5.41) is 0. The molecular formula is C25H20O4. The van der Waals surface area contributed by atoms with Gasteiger partial charge in [-0.1, -0.05) is 60.2 Å². The number of methoxy groups -OCH3 is 1. The summed E-state index contributed by atoms with van der Waals surface area (Å²) in [5.41, 5.74) is 4.03. The molecule has 0 radical (unpaired) electrons. The molecule has 0 atom stereocenters. The van der Waals surface area contributed by atoms with Crippen LogP contribution in [0.4, 0.5) is 0 Å². The summed E-state index contributed by atoms with van der Waals surface area (Å²) >= 11 is 0. The molecule has 4 heteroatoms. The Bertz CT molecular complexity index is 1090. The van der Waals surface area contributed by atoms with Gasteiger partial charge >= 0.3 is 0 Å². The van der Waals surface area contributed by atoms with E-state index in [1.165, 1.54) is 5.56 Å². The van der Waals surface area contributed by atoms with Crippen molar-refractivity contribution in [1.29, 1.82) is 0 Å². The van der Waals surface area contributed by atoms with Crippen LogP contribution in [0.1, 0.15) is 37.4 Å². The highest BCUT2D eigenvalue weighted by molar-refractivity contribution is 6.41. The van der Waals surface area contributed by atoms with Crippen molar-refractivity contribution in [2.45, 2.75) is 13.5 Å². The van der Waals surface area contributed by atoms with E-state index < -0.39 is 0 Å². The van der Waals surface area contributed by atoms with Crippen molar-refractivity contribution in [3.63, 3.8) is 0 Å². The number of carbonyl (C=O) groups is 2. The first-order valence-electron chi connectivity index (χ1n) is 9.33. The number of Topliss-reactive ketones (excluding diaryl/α,β-unsaturated/α-hetero) is 2. The third-order valence-corrected chi connectivity index (χ3v) is 4.92. The minimum absolute atomic E-state index is 0.168. The molecule has 0 fully saturated rings. The Morgan fingerprint density at radius 3 is 2.10 bits per heavy atom. The summed E-state index contributed by atoms with van der Waals surface area (Å²) in [5.74, 6) is 0.651. The third kappa shape index (κ3) is 3.69. The minimum Gasteiger partial charge on any atom is -0.493 e. The van der Waals surface area contributed by atoms with Gasteiger partial charge in [-0.25, -0.2) is 0 Å². The van der Waals surface area contributed by atoms with Gasteiger partial charge in [-0.05, 0) is 36.3 Å². The zero-order chi connectivity index (χ0) is 20.4. The Hall–Kier alpha value is -3.66. The van der Waals surface area contributed by atoms with Crippen molar-refractivity contribution in [2.75, 3.05) is 7.11 Å². The van der Waals surface area contributed by atoms with Gasteiger partial charge in [-0.3, -0.25) is 9.59 Å². The Morgan fingerprint density at radius 2 is 1.48 bits per heavy atom. The summed E-state index contributed by atoms with van der Waals surface area (Å²) in [7, 11) is 1.56. The molecule has 144 valence electrons.